The molecule has 0 aromatic heterocycles. The average Bonchev–Trinajstić information content (AvgIpc) is 2.14. The van der Waals surface area contributed by atoms with Gasteiger partial charge in [-0.2, -0.15) is 0 Å². The molecule has 3 saturated carbocycles. The average molecular weight is 180 g/mol. The van der Waals surface area contributed by atoms with Crippen LogP contribution in [0.5, 0.6) is 0 Å². The SMILES string of the molecule is C1CCC2CCCC(CC1)CCC2. The topological polar surface area (TPSA) is 0 Å². The lowest BCUT2D eigenvalue weighted by molar-refractivity contribution is 0.270. The molecule has 0 amide bonds. The molecule has 0 aliphatic heterocycles. The minimum absolute atomic E-state index is 1.11. The molecule has 0 N–H and O–H groups in total. The van der Waals surface area contributed by atoms with Crippen LogP contribution in [0.15, 0.2) is 0 Å². The Morgan fingerprint density at radius 2 is 0.769 bits per heavy atom. The third kappa shape index (κ3) is 3.00. The highest BCUT2D eigenvalue weighted by molar-refractivity contribution is 4.71. The van der Waals surface area contributed by atoms with Crippen molar-refractivity contribution in [3.63, 3.8) is 0 Å². The fourth-order valence-corrected chi connectivity index (χ4v) is 3.30. The summed E-state index contributed by atoms with van der Waals surface area (Å²) in [4.78, 5) is 0. The lowest BCUT2D eigenvalue weighted by Gasteiger charge is -2.26. The van der Waals surface area contributed by atoms with E-state index in [2.05, 4.69) is 0 Å². The van der Waals surface area contributed by atoms with Gasteiger partial charge in [-0.1, -0.05) is 70.6 Å². The summed E-state index contributed by atoms with van der Waals surface area (Å²) < 4.78 is 0. The molecular weight excluding hydrogens is 156 g/mol. The van der Waals surface area contributed by atoms with Gasteiger partial charge in [0.2, 0.25) is 0 Å². The van der Waals surface area contributed by atoms with Crippen molar-refractivity contribution in [3.05, 3.63) is 0 Å². The third-order valence-electron chi connectivity index (χ3n) is 4.17. The molecule has 0 heterocycles. The molecule has 0 heteroatoms. The van der Waals surface area contributed by atoms with Crippen LogP contribution in [0.4, 0.5) is 0 Å². The van der Waals surface area contributed by atoms with E-state index in [9.17, 15) is 0 Å². The summed E-state index contributed by atoms with van der Waals surface area (Å²) in [5.41, 5.74) is 0. The van der Waals surface area contributed by atoms with Gasteiger partial charge in [0.05, 0.1) is 0 Å². The molecule has 0 aromatic rings. The number of fused-ring (bicyclic) bond motifs is 8. The number of rotatable bonds is 0. The normalized spacial score (nSPS) is 36.9. The van der Waals surface area contributed by atoms with Crippen LogP contribution in [-0.2, 0) is 0 Å². The standard InChI is InChI=1S/C13H24/c1-2-6-12-8-4-10-13(7-3-1)11-5-9-12/h12-13H,1-11H2. The van der Waals surface area contributed by atoms with Crippen LogP contribution in [0.3, 0.4) is 0 Å². The van der Waals surface area contributed by atoms with E-state index < -0.39 is 0 Å². The van der Waals surface area contributed by atoms with Gasteiger partial charge in [0.1, 0.15) is 0 Å². The second kappa shape index (κ2) is 5.02. The largest absolute Gasteiger partial charge is 0.0533 e. The van der Waals surface area contributed by atoms with Gasteiger partial charge in [0, 0.05) is 0 Å². The van der Waals surface area contributed by atoms with Gasteiger partial charge in [-0.25, -0.2) is 0 Å². The Kier molecular flexibility index (Phi) is 3.69. The van der Waals surface area contributed by atoms with Crippen LogP contribution >= 0.6 is 0 Å². The predicted octanol–water partition coefficient (Wildman–Crippen LogP) is 4.54. The quantitative estimate of drug-likeness (QED) is 0.513. The lowest BCUT2D eigenvalue weighted by atomic mass is 9.80. The third-order valence-corrected chi connectivity index (χ3v) is 4.17. The minimum Gasteiger partial charge on any atom is -0.0533 e. The molecule has 0 aromatic carbocycles. The Morgan fingerprint density at radius 3 is 1.23 bits per heavy atom. The second-order valence-electron chi connectivity index (χ2n) is 5.23. The van der Waals surface area contributed by atoms with Crippen molar-refractivity contribution in [3.8, 4) is 0 Å². The van der Waals surface area contributed by atoms with Crippen molar-refractivity contribution >= 4 is 0 Å². The van der Waals surface area contributed by atoms with Crippen LogP contribution in [0.25, 0.3) is 0 Å². The highest BCUT2D eigenvalue weighted by Gasteiger charge is 2.18. The smallest absolute Gasteiger partial charge is 0.0414 e. The minimum atomic E-state index is 1.11. The maximum Gasteiger partial charge on any atom is -0.0414 e. The van der Waals surface area contributed by atoms with Crippen molar-refractivity contribution in [1.29, 1.82) is 0 Å². The van der Waals surface area contributed by atoms with Crippen molar-refractivity contribution in [1.82, 2.24) is 0 Å². The fraction of sp³-hybridized carbons (Fsp3) is 1.00. The van der Waals surface area contributed by atoms with E-state index in [-0.39, 0.29) is 0 Å². The summed E-state index contributed by atoms with van der Waals surface area (Å²) in [6, 6.07) is 0. The molecular formula is C13H24. The highest BCUT2D eigenvalue weighted by atomic mass is 14.2. The second-order valence-corrected chi connectivity index (χ2v) is 5.23. The molecule has 0 radical (unpaired) electrons. The van der Waals surface area contributed by atoms with Gasteiger partial charge in [-0.15, -0.1) is 0 Å². The van der Waals surface area contributed by atoms with Crippen LogP contribution in [0.2, 0.25) is 0 Å². The Bertz CT molecular complexity index is 109. The molecule has 0 saturated heterocycles. The summed E-state index contributed by atoms with van der Waals surface area (Å²) in [7, 11) is 0. The molecule has 76 valence electrons. The maximum absolute atomic E-state index is 1.55. The molecule has 0 unspecified atom stereocenters. The first-order chi connectivity index (χ1) is 6.45. The van der Waals surface area contributed by atoms with Crippen molar-refractivity contribution < 1.29 is 0 Å². The van der Waals surface area contributed by atoms with Crippen molar-refractivity contribution in [2.24, 2.45) is 11.8 Å². The van der Waals surface area contributed by atoms with Gasteiger partial charge in [-0.3, -0.25) is 0 Å². The van der Waals surface area contributed by atoms with Crippen LogP contribution < -0.4 is 0 Å². The molecule has 0 atom stereocenters. The van der Waals surface area contributed by atoms with E-state index >= 15 is 0 Å². The van der Waals surface area contributed by atoms with E-state index in [1.807, 2.05) is 0 Å². The first-order valence-electron chi connectivity index (χ1n) is 6.45. The summed E-state index contributed by atoms with van der Waals surface area (Å²) in [5, 5.41) is 0. The first-order valence-corrected chi connectivity index (χ1v) is 6.45. The van der Waals surface area contributed by atoms with Gasteiger partial charge in [0.25, 0.3) is 0 Å². The summed E-state index contributed by atoms with van der Waals surface area (Å²) in [5.74, 6) is 2.22. The van der Waals surface area contributed by atoms with Gasteiger partial charge in [0.15, 0.2) is 0 Å². The van der Waals surface area contributed by atoms with E-state index in [0.29, 0.717) is 0 Å². The Morgan fingerprint density at radius 1 is 0.385 bits per heavy atom. The highest BCUT2D eigenvalue weighted by Crippen LogP contribution is 2.33. The summed E-state index contributed by atoms with van der Waals surface area (Å²) in [6.07, 6.45) is 16.9. The molecule has 13 heavy (non-hydrogen) atoms. The van der Waals surface area contributed by atoms with E-state index in [1.54, 1.807) is 38.5 Å². The zero-order chi connectivity index (χ0) is 8.93. The van der Waals surface area contributed by atoms with E-state index in [4.69, 9.17) is 0 Å². The zero-order valence-electron chi connectivity index (χ0n) is 8.93. The molecule has 3 aliphatic carbocycles. The van der Waals surface area contributed by atoms with E-state index in [0.717, 1.165) is 11.8 Å². The van der Waals surface area contributed by atoms with Crippen LogP contribution in [-0.4, -0.2) is 0 Å². The van der Waals surface area contributed by atoms with Gasteiger partial charge in [-0.05, 0) is 11.8 Å². The van der Waals surface area contributed by atoms with Gasteiger partial charge >= 0.3 is 0 Å². The van der Waals surface area contributed by atoms with Crippen LogP contribution in [0.1, 0.15) is 70.6 Å². The Balaban J connectivity index is 1.92. The van der Waals surface area contributed by atoms with Crippen molar-refractivity contribution in [2.45, 2.75) is 70.6 Å². The maximum atomic E-state index is 1.55. The van der Waals surface area contributed by atoms with Crippen molar-refractivity contribution in [2.75, 3.05) is 0 Å². The van der Waals surface area contributed by atoms with Gasteiger partial charge < -0.3 is 0 Å². The fourth-order valence-electron chi connectivity index (χ4n) is 3.30. The van der Waals surface area contributed by atoms with E-state index in [1.165, 1.54) is 32.1 Å². The zero-order valence-corrected chi connectivity index (χ0v) is 8.93. The molecule has 3 aliphatic rings. The monoisotopic (exact) mass is 180 g/mol. The number of hydrogen-bond donors (Lipinski definition) is 0. The predicted molar refractivity (Wildman–Crippen MR) is 57.8 cm³/mol. The molecule has 2 bridgehead atoms. The molecule has 3 fully saturated rings. The molecule has 0 spiro atoms. The number of hydrogen-bond acceptors (Lipinski definition) is 0. The Labute approximate surface area is 83.1 Å². The summed E-state index contributed by atoms with van der Waals surface area (Å²) in [6.45, 7) is 0. The molecule has 3 rings (SSSR count). The Hall–Kier alpha value is 0. The summed E-state index contributed by atoms with van der Waals surface area (Å²) >= 11 is 0. The lowest BCUT2D eigenvalue weighted by Crippen LogP contribution is -2.11. The molecule has 0 nitrogen and oxygen atoms in total. The van der Waals surface area contributed by atoms with Crippen LogP contribution in [0, 0.1) is 11.8 Å². The first kappa shape index (κ1) is 9.55.